The second-order valence-corrected chi connectivity index (χ2v) is 9.85. The molecular formula is C27H32. The Kier molecular flexibility index (Phi) is 4.62. The molecule has 0 heterocycles. The lowest BCUT2D eigenvalue weighted by atomic mass is 9.74. The molecule has 0 heteroatoms. The topological polar surface area (TPSA) is 0 Å². The van der Waals surface area contributed by atoms with Crippen molar-refractivity contribution in [2.45, 2.75) is 65.2 Å². The summed E-state index contributed by atoms with van der Waals surface area (Å²) in [5.41, 5.74) is 9.39. The fraction of sp³-hybridized carbons (Fsp3) is 0.407. The largest absolute Gasteiger partial charge is 0.0885 e. The van der Waals surface area contributed by atoms with Gasteiger partial charge >= 0.3 is 0 Å². The first kappa shape index (κ1) is 18.3. The summed E-state index contributed by atoms with van der Waals surface area (Å²) in [5.74, 6) is 0. The minimum absolute atomic E-state index is 0.145. The third-order valence-electron chi connectivity index (χ3n) is 6.33. The summed E-state index contributed by atoms with van der Waals surface area (Å²) in [7, 11) is 0. The molecule has 0 saturated heterocycles. The lowest BCUT2D eigenvalue weighted by Gasteiger charge is -2.31. The highest BCUT2D eigenvalue weighted by atomic mass is 14.3. The molecule has 0 aliphatic heterocycles. The van der Waals surface area contributed by atoms with Crippen LogP contribution in [0, 0.1) is 5.41 Å². The fourth-order valence-corrected chi connectivity index (χ4v) is 4.89. The molecule has 2 aliphatic carbocycles. The van der Waals surface area contributed by atoms with Crippen molar-refractivity contribution in [1.82, 2.24) is 0 Å². The van der Waals surface area contributed by atoms with Crippen molar-refractivity contribution in [3.8, 4) is 11.1 Å². The molecule has 0 radical (unpaired) electrons. The maximum Gasteiger partial charge on any atom is -0.00574 e. The van der Waals surface area contributed by atoms with Crippen molar-refractivity contribution in [3.05, 3.63) is 76.9 Å². The van der Waals surface area contributed by atoms with Gasteiger partial charge in [0.15, 0.2) is 0 Å². The van der Waals surface area contributed by atoms with Gasteiger partial charge in [0.05, 0.1) is 0 Å². The normalized spacial score (nSPS) is 21.9. The van der Waals surface area contributed by atoms with Crippen LogP contribution in [0.1, 0.15) is 70.1 Å². The van der Waals surface area contributed by atoms with Gasteiger partial charge in [0.1, 0.15) is 0 Å². The van der Waals surface area contributed by atoms with Gasteiger partial charge in [-0.25, -0.2) is 0 Å². The quantitative estimate of drug-likeness (QED) is 0.494. The molecule has 1 unspecified atom stereocenters. The highest BCUT2D eigenvalue weighted by Crippen LogP contribution is 2.44. The molecule has 4 rings (SSSR count). The molecule has 27 heavy (non-hydrogen) atoms. The summed E-state index contributed by atoms with van der Waals surface area (Å²) in [6, 6.07) is 15.8. The standard InChI is InChI=1S/C27H32/c1-26(2,3)25-14-7-6-12-23(25)22-13-10-11-21-17-20(18-24(21)22)19-27(4)15-8-5-9-16-27/h5-8,10-14,18H,9,15-17,19H2,1-4H3. The fourth-order valence-electron chi connectivity index (χ4n) is 4.89. The van der Waals surface area contributed by atoms with Crippen molar-refractivity contribution in [3.63, 3.8) is 0 Å². The zero-order valence-corrected chi connectivity index (χ0v) is 17.3. The monoisotopic (exact) mass is 356 g/mol. The van der Waals surface area contributed by atoms with Crippen LogP contribution >= 0.6 is 0 Å². The van der Waals surface area contributed by atoms with E-state index in [0.29, 0.717) is 5.41 Å². The molecule has 0 aromatic heterocycles. The van der Waals surface area contributed by atoms with E-state index in [2.05, 4.69) is 88.4 Å². The number of rotatable bonds is 3. The molecule has 0 bridgehead atoms. The highest BCUT2D eigenvalue weighted by Gasteiger charge is 2.28. The Morgan fingerprint density at radius 3 is 2.44 bits per heavy atom. The van der Waals surface area contributed by atoms with Crippen LogP contribution in [0.5, 0.6) is 0 Å². The van der Waals surface area contributed by atoms with E-state index in [1.807, 2.05) is 0 Å². The summed E-state index contributed by atoms with van der Waals surface area (Å²) in [6.07, 6.45) is 13.4. The van der Waals surface area contributed by atoms with E-state index in [1.54, 1.807) is 5.57 Å². The van der Waals surface area contributed by atoms with Gasteiger partial charge in [-0.2, -0.15) is 0 Å². The average molecular weight is 357 g/mol. The first-order valence-electron chi connectivity index (χ1n) is 10.4. The third-order valence-corrected chi connectivity index (χ3v) is 6.33. The second-order valence-electron chi connectivity index (χ2n) is 9.85. The second kappa shape index (κ2) is 6.82. The van der Waals surface area contributed by atoms with Gasteiger partial charge in [0, 0.05) is 0 Å². The predicted molar refractivity (Wildman–Crippen MR) is 118 cm³/mol. The van der Waals surface area contributed by atoms with Crippen molar-refractivity contribution in [2.24, 2.45) is 5.41 Å². The third kappa shape index (κ3) is 3.68. The summed E-state index contributed by atoms with van der Waals surface area (Å²) in [4.78, 5) is 0. The van der Waals surface area contributed by atoms with E-state index >= 15 is 0 Å². The lowest BCUT2D eigenvalue weighted by molar-refractivity contribution is 0.289. The van der Waals surface area contributed by atoms with Gasteiger partial charge in [0.25, 0.3) is 0 Å². The number of benzene rings is 2. The van der Waals surface area contributed by atoms with Gasteiger partial charge in [-0.05, 0) is 70.8 Å². The van der Waals surface area contributed by atoms with Gasteiger partial charge < -0.3 is 0 Å². The minimum atomic E-state index is 0.145. The van der Waals surface area contributed by atoms with Crippen molar-refractivity contribution in [2.75, 3.05) is 0 Å². The van der Waals surface area contributed by atoms with Crippen LogP contribution < -0.4 is 0 Å². The summed E-state index contributed by atoms with van der Waals surface area (Å²) in [5, 5.41) is 0. The molecule has 0 fully saturated rings. The summed E-state index contributed by atoms with van der Waals surface area (Å²) < 4.78 is 0. The Hall–Kier alpha value is -2.08. The SMILES string of the molecule is CC1(CC2=Cc3c(cccc3-c3ccccc3C(C)(C)C)C2)CC=CCC1. The van der Waals surface area contributed by atoms with Crippen molar-refractivity contribution >= 4 is 6.08 Å². The molecule has 0 amide bonds. The summed E-state index contributed by atoms with van der Waals surface area (Å²) in [6.45, 7) is 9.41. The molecular weight excluding hydrogens is 324 g/mol. The van der Waals surface area contributed by atoms with E-state index in [4.69, 9.17) is 0 Å². The zero-order chi connectivity index (χ0) is 19.1. The zero-order valence-electron chi connectivity index (χ0n) is 17.3. The van der Waals surface area contributed by atoms with E-state index in [1.165, 1.54) is 53.5 Å². The smallest absolute Gasteiger partial charge is 0.00574 e. The number of allylic oxidation sites excluding steroid dienone is 3. The van der Waals surface area contributed by atoms with E-state index < -0.39 is 0 Å². The number of hydrogen-bond donors (Lipinski definition) is 0. The number of hydrogen-bond acceptors (Lipinski definition) is 0. The first-order chi connectivity index (χ1) is 12.9. The Labute approximate surface area is 165 Å². The molecule has 2 aliphatic rings. The van der Waals surface area contributed by atoms with Gasteiger partial charge in [0.2, 0.25) is 0 Å². The first-order valence-corrected chi connectivity index (χ1v) is 10.4. The van der Waals surface area contributed by atoms with Gasteiger partial charge in [-0.1, -0.05) is 94.0 Å². The van der Waals surface area contributed by atoms with Gasteiger partial charge in [-0.15, -0.1) is 0 Å². The lowest BCUT2D eigenvalue weighted by Crippen LogP contribution is -2.18. The van der Waals surface area contributed by atoms with Crippen LogP contribution in [0.25, 0.3) is 17.2 Å². The van der Waals surface area contributed by atoms with E-state index in [9.17, 15) is 0 Å². The van der Waals surface area contributed by atoms with Crippen LogP contribution in [-0.2, 0) is 11.8 Å². The Morgan fingerprint density at radius 2 is 1.70 bits per heavy atom. The predicted octanol–water partition coefficient (Wildman–Crippen LogP) is 7.73. The summed E-state index contributed by atoms with van der Waals surface area (Å²) >= 11 is 0. The van der Waals surface area contributed by atoms with Crippen LogP contribution in [0.2, 0.25) is 0 Å². The maximum absolute atomic E-state index is 2.51. The molecule has 0 N–H and O–H groups in total. The van der Waals surface area contributed by atoms with Gasteiger partial charge in [-0.3, -0.25) is 0 Å². The minimum Gasteiger partial charge on any atom is -0.0885 e. The molecule has 2 aromatic carbocycles. The molecule has 0 spiro atoms. The highest BCUT2D eigenvalue weighted by molar-refractivity contribution is 5.82. The van der Waals surface area contributed by atoms with Crippen LogP contribution in [0.3, 0.4) is 0 Å². The van der Waals surface area contributed by atoms with E-state index in [-0.39, 0.29) is 5.41 Å². The van der Waals surface area contributed by atoms with Crippen LogP contribution in [-0.4, -0.2) is 0 Å². The Bertz CT molecular complexity index is 904. The maximum atomic E-state index is 2.51. The van der Waals surface area contributed by atoms with Crippen LogP contribution in [0.15, 0.2) is 60.2 Å². The molecule has 0 saturated carbocycles. The molecule has 1 atom stereocenters. The van der Waals surface area contributed by atoms with Crippen LogP contribution in [0.4, 0.5) is 0 Å². The average Bonchev–Trinajstić information content (AvgIpc) is 3.03. The molecule has 2 aromatic rings. The van der Waals surface area contributed by atoms with Crippen molar-refractivity contribution < 1.29 is 0 Å². The molecule has 140 valence electrons. The Balaban J connectivity index is 1.72. The number of fused-ring (bicyclic) bond motifs is 1. The Morgan fingerprint density at radius 1 is 0.926 bits per heavy atom. The molecule has 0 nitrogen and oxygen atoms in total. The van der Waals surface area contributed by atoms with Crippen molar-refractivity contribution in [1.29, 1.82) is 0 Å². The van der Waals surface area contributed by atoms with E-state index in [0.717, 1.165) is 6.42 Å².